The molecule has 1 nitrogen and oxygen atoms in total. The molecule has 0 unspecified atom stereocenters. The van der Waals surface area contributed by atoms with Crippen molar-refractivity contribution in [2.75, 3.05) is 6.61 Å². The van der Waals surface area contributed by atoms with Gasteiger partial charge in [-0.25, -0.2) is 4.39 Å². The molecule has 4 heteroatoms. The van der Waals surface area contributed by atoms with Gasteiger partial charge in [-0.05, 0) is 24.1 Å². The predicted octanol–water partition coefficient (Wildman–Crippen LogP) is 4.41. The first-order valence-corrected chi connectivity index (χ1v) is 6.26. The average molecular weight is 282 g/mol. The lowest BCUT2D eigenvalue weighted by molar-refractivity contribution is 0.313. The van der Waals surface area contributed by atoms with Crippen molar-refractivity contribution in [3.8, 4) is 5.75 Å². The van der Waals surface area contributed by atoms with Gasteiger partial charge in [0.2, 0.25) is 5.82 Å². The van der Waals surface area contributed by atoms with Crippen LogP contribution in [0.1, 0.15) is 18.1 Å². The number of ether oxygens (including phenoxy) is 1. The van der Waals surface area contributed by atoms with Crippen LogP contribution in [0.3, 0.4) is 0 Å². The Morgan fingerprint density at radius 2 is 1.95 bits per heavy atom. The Morgan fingerprint density at radius 3 is 2.63 bits per heavy atom. The second-order valence-electron chi connectivity index (χ2n) is 3.97. The average Bonchev–Trinajstić information content (AvgIpc) is 2.41. The van der Waals surface area contributed by atoms with Crippen LogP contribution in [0, 0.1) is 17.7 Å². The van der Waals surface area contributed by atoms with Crippen molar-refractivity contribution < 1.29 is 13.5 Å². The molecule has 0 aliphatic heterocycles. The van der Waals surface area contributed by atoms with Gasteiger partial charge in [-0.2, -0.15) is 4.39 Å². The molecular weight excluding hydrogens is 270 g/mol. The maximum absolute atomic E-state index is 13.9. The van der Waals surface area contributed by atoms with E-state index in [1.807, 2.05) is 0 Å². The minimum absolute atomic E-state index is 0.0746. The lowest BCUT2D eigenvalue weighted by Gasteiger charge is -2.09. The zero-order valence-corrected chi connectivity index (χ0v) is 11.1. The van der Waals surface area contributed by atoms with Gasteiger partial charge in [0, 0.05) is 12.5 Å². The molecule has 0 spiro atoms. The van der Waals surface area contributed by atoms with Crippen LogP contribution in [0.5, 0.6) is 5.75 Å². The first-order chi connectivity index (χ1) is 9.13. The SMILES string of the molecule is CCOc1ccc(Cc2ccc[c]c2Cl)c(F)c1F. The largest absolute Gasteiger partial charge is 0.491 e. The van der Waals surface area contributed by atoms with E-state index in [0.717, 1.165) is 0 Å². The lowest BCUT2D eigenvalue weighted by Crippen LogP contribution is -2.01. The van der Waals surface area contributed by atoms with Crippen molar-refractivity contribution in [1.82, 2.24) is 0 Å². The fourth-order valence-electron chi connectivity index (χ4n) is 1.77. The monoisotopic (exact) mass is 281 g/mol. The molecule has 0 saturated carbocycles. The highest BCUT2D eigenvalue weighted by molar-refractivity contribution is 6.31. The molecule has 0 heterocycles. The fraction of sp³-hybridized carbons (Fsp3) is 0.200. The Balaban J connectivity index is 2.32. The summed E-state index contributed by atoms with van der Waals surface area (Å²) >= 11 is 5.95. The van der Waals surface area contributed by atoms with E-state index in [0.29, 0.717) is 10.6 Å². The van der Waals surface area contributed by atoms with Crippen LogP contribution in [0.4, 0.5) is 8.78 Å². The quantitative estimate of drug-likeness (QED) is 0.807. The molecule has 0 aliphatic rings. The van der Waals surface area contributed by atoms with Crippen LogP contribution in [-0.4, -0.2) is 6.61 Å². The minimum atomic E-state index is -0.963. The second kappa shape index (κ2) is 6.02. The van der Waals surface area contributed by atoms with Crippen molar-refractivity contribution >= 4 is 11.6 Å². The Kier molecular flexibility index (Phi) is 4.38. The third-order valence-corrected chi connectivity index (χ3v) is 3.05. The smallest absolute Gasteiger partial charge is 0.200 e. The number of halogens is 3. The Bertz CT molecular complexity index is 584. The highest BCUT2D eigenvalue weighted by atomic mass is 35.5. The van der Waals surface area contributed by atoms with E-state index in [1.165, 1.54) is 12.1 Å². The van der Waals surface area contributed by atoms with E-state index >= 15 is 0 Å². The van der Waals surface area contributed by atoms with Crippen molar-refractivity contribution in [3.05, 3.63) is 64.2 Å². The third kappa shape index (κ3) is 3.04. The normalized spacial score (nSPS) is 10.5. The van der Waals surface area contributed by atoms with Gasteiger partial charge in [0.15, 0.2) is 11.6 Å². The molecule has 0 amide bonds. The highest BCUT2D eigenvalue weighted by Crippen LogP contribution is 2.26. The van der Waals surface area contributed by atoms with Gasteiger partial charge in [-0.15, -0.1) is 0 Å². The van der Waals surface area contributed by atoms with E-state index < -0.39 is 11.6 Å². The van der Waals surface area contributed by atoms with E-state index in [2.05, 4.69) is 6.07 Å². The number of rotatable bonds is 4. The summed E-state index contributed by atoms with van der Waals surface area (Å²) in [5.41, 5.74) is 0.939. The Hall–Kier alpha value is -1.61. The van der Waals surface area contributed by atoms with Gasteiger partial charge in [0.1, 0.15) is 0 Å². The zero-order chi connectivity index (χ0) is 13.8. The fourth-order valence-corrected chi connectivity index (χ4v) is 1.96. The predicted molar refractivity (Wildman–Crippen MR) is 70.6 cm³/mol. The van der Waals surface area contributed by atoms with Gasteiger partial charge in [-0.1, -0.05) is 35.9 Å². The number of benzene rings is 2. The summed E-state index contributed by atoms with van der Waals surface area (Å²) < 4.78 is 32.6. The van der Waals surface area contributed by atoms with Gasteiger partial charge >= 0.3 is 0 Å². The second-order valence-corrected chi connectivity index (χ2v) is 4.35. The van der Waals surface area contributed by atoms with Crippen LogP contribution in [0.15, 0.2) is 30.3 Å². The van der Waals surface area contributed by atoms with Gasteiger partial charge in [0.25, 0.3) is 0 Å². The number of hydrogen-bond donors (Lipinski definition) is 0. The molecule has 0 fully saturated rings. The molecule has 0 atom stereocenters. The molecule has 0 aromatic heterocycles. The van der Waals surface area contributed by atoms with E-state index in [4.69, 9.17) is 16.3 Å². The molecule has 99 valence electrons. The molecular formula is C15H12ClF2O. The van der Waals surface area contributed by atoms with Crippen molar-refractivity contribution in [3.63, 3.8) is 0 Å². The Morgan fingerprint density at radius 1 is 1.16 bits per heavy atom. The molecule has 0 bridgehead atoms. The summed E-state index contributed by atoms with van der Waals surface area (Å²) in [6, 6.07) is 10.9. The van der Waals surface area contributed by atoms with E-state index in [-0.39, 0.29) is 24.3 Å². The molecule has 2 aromatic rings. The third-order valence-electron chi connectivity index (χ3n) is 2.69. The summed E-state index contributed by atoms with van der Waals surface area (Å²) in [7, 11) is 0. The first-order valence-electron chi connectivity index (χ1n) is 5.88. The zero-order valence-electron chi connectivity index (χ0n) is 10.3. The van der Waals surface area contributed by atoms with E-state index in [9.17, 15) is 8.78 Å². The minimum Gasteiger partial charge on any atom is -0.491 e. The summed E-state index contributed by atoms with van der Waals surface area (Å²) in [6.45, 7) is 2.00. The van der Waals surface area contributed by atoms with Crippen molar-refractivity contribution in [2.24, 2.45) is 0 Å². The topological polar surface area (TPSA) is 9.23 Å². The van der Waals surface area contributed by atoms with Crippen molar-refractivity contribution in [2.45, 2.75) is 13.3 Å². The molecule has 19 heavy (non-hydrogen) atoms. The summed E-state index contributed by atoms with van der Waals surface area (Å²) in [4.78, 5) is 0. The molecule has 0 N–H and O–H groups in total. The van der Waals surface area contributed by atoms with Crippen LogP contribution < -0.4 is 4.74 Å². The first kappa shape index (κ1) is 13.8. The summed E-state index contributed by atoms with van der Waals surface area (Å²) in [5.74, 6) is -1.93. The molecule has 1 radical (unpaired) electrons. The molecule has 0 aliphatic carbocycles. The maximum atomic E-state index is 13.9. The highest BCUT2D eigenvalue weighted by Gasteiger charge is 2.15. The molecule has 0 saturated heterocycles. The lowest BCUT2D eigenvalue weighted by atomic mass is 10.0. The standard InChI is InChI=1S/C15H12ClF2O/c1-2-19-13-8-7-11(14(17)15(13)18)9-10-5-3-4-6-12(10)16/h3-5,7-8H,2,9H2,1H3. The van der Waals surface area contributed by atoms with Gasteiger partial charge < -0.3 is 4.74 Å². The maximum Gasteiger partial charge on any atom is 0.200 e. The summed E-state index contributed by atoms with van der Waals surface area (Å²) in [6.07, 6.45) is 0.214. The summed E-state index contributed by atoms with van der Waals surface area (Å²) in [5, 5.41) is 0.413. The van der Waals surface area contributed by atoms with Crippen molar-refractivity contribution in [1.29, 1.82) is 0 Å². The Labute approximate surface area is 115 Å². The molecule has 2 aromatic carbocycles. The van der Waals surface area contributed by atoms with E-state index in [1.54, 1.807) is 25.1 Å². The van der Waals surface area contributed by atoms with Crippen LogP contribution >= 0.6 is 11.6 Å². The van der Waals surface area contributed by atoms with Crippen LogP contribution in [-0.2, 0) is 6.42 Å². The van der Waals surface area contributed by atoms with Crippen LogP contribution in [0.2, 0.25) is 5.02 Å². The number of hydrogen-bond acceptors (Lipinski definition) is 1. The molecule has 2 rings (SSSR count). The van der Waals surface area contributed by atoms with Gasteiger partial charge in [0.05, 0.1) is 11.6 Å². The van der Waals surface area contributed by atoms with Crippen LogP contribution in [0.25, 0.3) is 0 Å². The van der Waals surface area contributed by atoms with Gasteiger partial charge in [-0.3, -0.25) is 0 Å².